The SMILES string of the molecule is Cc1ccc2cc1CNC(=O)[C@H](CCc1ccccc1)NC(=O)[C@@H](NC(=O)Cc1cccc(NC(=O)OC(C)(C)C)c1)CC(=O)N1CCCC(CCO2)C1. The van der Waals surface area contributed by atoms with Crippen molar-refractivity contribution in [2.45, 2.75) is 96.9 Å². The van der Waals surface area contributed by atoms with Crippen LogP contribution in [0, 0.1) is 12.8 Å². The van der Waals surface area contributed by atoms with Crippen molar-refractivity contribution in [2.75, 3.05) is 25.0 Å². The number of hydrogen-bond donors (Lipinski definition) is 4. The third kappa shape index (κ3) is 12.3. The molecule has 5 rings (SSSR count). The molecule has 5 amide bonds. The van der Waals surface area contributed by atoms with Crippen molar-refractivity contribution in [3.63, 3.8) is 0 Å². The number of amides is 5. The van der Waals surface area contributed by atoms with E-state index in [-0.39, 0.29) is 37.1 Å². The predicted octanol–water partition coefficient (Wildman–Crippen LogP) is 5.21. The van der Waals surface area contributed by atoms with Crippen LogP contribution in [0.1, 0.15) is 75.1 Å². The molecule has 0 saturated carbocycles. The van der Waals surface area contributed by atoms with Crippen LogP contribution in [0.5, 0.6) is 5.75 Å². The molecule has 288 valence electrons. The normalized spacial score (nSPS) is 20.0. The van der Waals surface area contributed by atoms with Crippen LogP contribution in [-0.2, 0) is 43.3 Å². The van der Waals surface area contributed by atoms with Crippen molar-refractivity contribution >= 4 is 35.4 Å². The summed E-state index contributed by atoms with van der Waals surface area (Å²) in [5.41, 5.74) is 3.24. The van der Waals surface area contributed by atoms with E-state index in [4.69, 9.17) is 9.47 Å². The van der Waals surface area contributed by atoms with E-state index in [2.05, 4.69) is 21.3 Å². The molecule has 1 unspecified atom stereocenters. The van der Waals surface area contributed by atoms with Gasteiger partial charge in [-0.25, -0.2) is 4.79 Å². The summed E-state index contributed by atoms with van der Waals surface area (Å²) < 4.78 is 11.5. The Bertz CT molecular complexity index is 1790. The van der Waals surface area contributed by atoms with Gasteiger partial charge in [-0.2, -0.15) is 0 Å². The molecule has 12 nitrogen and oxygen atoms in total. The fourth-order valence-corrected chi connectivity index (χ4v) is 6.73. The van der Waals surface area contributed by atoms with Gasteiger partial charge in [0.2, 0.25) is 23.6 Å². The first-order valence-electron chi connectivity index (χ1n) is 18.8. The summed E-state index contributed by atoms with van der Waals surface area (Å²) in [6, 6.07) is 20.1. The van der Waals surface area contributed by atoms with E-state index in [1.165, 1.54) is 0 Å². The molecule has 3 atom stereocenters. The number of carbonyl (C=O) groups is 5. The second-order valence-corrected chi connectivity index (χ2v) is 15.2. The van der Waals surface area contributed by atoms with Crippen molar-refractivity contribution in [3.8, 4) is 5.75 Å². The molecule has 4 bridgehead atoms. The van der Waals surface area contributed by atoms with Gasteiger partial charge < -0.3 is 30.3 Å². The Hall–Kier alpha value is -5.39. The van der Waals surface area contributed by atoms with Crippen molar-refractivity contribution in [3.05, 3.63) is 95.1 Å². The van der Waals surface area contributed by atoms with Crippen LogP contribution in [-0.4, -0.2) is 72.0 Å². The van der Waals surface area contributed by atoms with Crippen molar-refractivity contribution < 1.29 is 33.4 Å². The lowest BCUT2D eigenvalue weighted by Gasteiger charge is -2.34. The largest absolute Gasteiger partial charge is 0.494 e. The maximum atomic E-state index is 14.1. The lowest BCUT2D eigenvalue weighted by atomic mass is 9.94. The summed E-state index contributed by atoms with van der Waals surface area (Å²) in [7, 11) is 0. The number of rotatable bonds is 7. The number of nitrogens with zero attached hydrogens (tertiary/aromatic N) is 1. The summed E-state index contributed by atoms with van der Waals surface area (Å²) in [5, 5.41) is 11.3. The van der Waals surface area contributed by atoms with Crippen LogP contribution in [0.4, 0.5) is 10.5 Å². The zero-order valence-electron chi connectivity index (χ0n) is 31.7. The number of carbonyl (C=O) groups excluding carboxylic acids is 5. The Morgan fingerprint density at radius 3 is 2.50 bits per heavy atom. The van der Waals surface area contributed by atoms with Crippen LogP contribution in [0.2, 0.25) is 0 Å². The van der Waals surface area contributed by atoms with Crippen LogP contribution >= 0.6 is 0 Å². The van der Waals surface area contributed by atoms with Gasteiger partial charge in [-0.3, -0.25) is 24.5 Å². The third-order valence-electron chi connectivity index (χ3n) is 9.61. The monoisotopic (exact) mass is 739 g/mol. The molecule has 2 aliphatic rings. The molecule has 1 saturated heterocycles. The Balaban J connectivity index is 1.37. The van der Waals surface area contributed by atoms with E-state index in [0.717, 1.165) is 36.0 Å². The van der Waals surface area contributed by atoms with Crippen molar-refractivity contribution in [2.24, 2.45) is 5.92 Å². The fraction of sp³-hybridized carbons (Fsp3) is 0.452. The van der Waals surface area contributed by atoms with Crippen LogP contribution in [0.15, 0.2) is 72.8 Å². The van der Waals surface area contributed by atoms with E-state index in [0.29, 0.717) is 49.5 Å². The highest BCUT2D eigenvalue weighted by atomic mass is 16.6. The van der Waals surface area contributed by atoms with E-state index in [9.17, 15) is 24.0 Å². The zero-order valence-corrected chi connectivity index (χ0v) is 31.7. The minimum Gasteiger partial charge on any atom is -0.494 e. The number of hydrogen-bond acceptors (Lipinski definition) is 7. The zero-order chi connectivity index (χ0) is 38.7. The van der Waals surface area contributed by atoms with E-state index in [1.807, 2.05) is 55.5 Å². The van der Waals surface area contributed by atoms with Crippen molar-refractivity contribution in [1.82, 2.24) is 20.9 Å². The molecule has 2 heterocycles. The number of fused-ring (bicyclic) bond motifs is 4. The van der Waals surface area contributed by atoms with Gasteiger partial charge in [-0.15, -0.1) is 0 Å². The van der Waals surface area contributed by atoms with Crippen LogP contribution in [0.25, 0.3) is 0 Å². The van der Waals surface area contributed by atoms with E-state index in [1.54, 1.807) is 49.9 Å². The van der Waals surface area contributed by atoms with Gasteiger partial charge >= 0.3 is 6.09 Å². The molecule has 0 spiro atoms. The average molecular weight is 740 g/mol. The molecule has 54 heavy (non-hydrogen) atoms. The first-order chi connectivity index (χ1) is 25.8. The molecule has 0 aromatic heterocycles. The van der Waals surface area contributed by atoms with Gasteiger partial charge in [0.05, 0.1) is 19.4 Å². The Morgan fingerprint density at radius 2 is 1.72 bits per heavy atom. The number of piperidine rings is 1. The van der Waals surface area contributed by atoms with Crippen LogP contribution < -0.4 is 26.0 Å². The highest BCUT2D eigenvalue weighted by Crippen LogP contribution is 2.23. The molecule has 0 aliphatic carbocycles. The number of nitrogens with one attached hydrogen (secondary N) is 4. The fourth-order valence-electron chi connectivity index (χ4n) is 6.73. The maximum Gasteiger partial charge on any atom is 0.412 e. The van der Waals surface area contributed by atoms with Gasteiger partial charge in [0, 0.05) is 25.3 Å². The number of aryl methyl sites for hydroxylation is 2. The molecule has 3 aromatic carbocycles. The minimum absolute atomic E-state index is 0.121. The minimum atomic E-state index is -1.23. The molecule has 1 fully saturated rings. The number of benzene rings is 3. The summed E-state index contributed by atoms with van der Waals surface area (Å²) >= 11 is 0. The van der Waals surface area contributed by atoms with Gasteiger partial charge in [0.25, 0.3) is 0 Å². The standard InChI is InChI=1S/C42H53N5O7/c1-28-15-17-34-24-32(28)26-43-39(50)35(18-16-29-10-6-5-7-11-29)46-40(51)36(25-38(49)47-20-9-13-30(27-47)19-21-53-34)45-37(48)23-31-12-8-14-33(22-31)44-41(52)54-42(2,3)4/h5-8,10-12,14-15,17,22,24,30,35-36H,9,13,16,18-21,23,25-27H2,1-4H3,(H,43,50)(H,44,52)(H,45,48)(H,46,51)/t30?,35-,36-/m0/s1. The quantitative estimate of drug-likeness (QED) is 0.259. The molecule has 0 radical (unpaired) electrons. The maximum absolute atomic E-state index is 14.1. The molecule has 4 N–H and O–H groups in total. The number of ether oxygens (including phenoxy) is 2. The van der Waals surface area contributed by atoms with E-state index >= 15 is 0 Å². The van der Waals surface area contributed by atoms with Crippen LogP contribution in [0.3, 0.4) is 0 Å². The van der Waals surface area contributed by atoms with Gasteiger partial charge in [-0.1, -0.05) is 48.5 Å². The predicted molar refractivity (Wildman–Crippen MR) is 206 cm³/mol. The summed E-state index contributed by atoms with van der Waals surface area (Å²) in [5.74, 6) is -0.792. The number of anilines is 1. The lowest BCUT2D eigenvalue weighted by Crippen LogP contribution is -2.55. The second kappa shape index (κ2) is 18.6. The Kier molecular flexibility index (Phi) is 13.7. The first kappa shape index (κ1) is 39.8. The topological polar surface area (TPSA) is 155 Å². The van der Waals surface area contributed by atoms with Gasteiger partial charge in [0.15, 0.2) is 0 Å². The van der Waals surface area contributed by atoms with Gasteiger partial charge in [0.1, 0.15) is 23.4 Å². The van der Waals surface area contributed by atoms with E-state index < -0.39 is 35.6 Å². The lowest BCUT2D eigenvalue weighted by molar-refractivity contribution is -0.138. The Morgan fingerprint density at radius 1 is 0.944 bits per heavy atom. The van der Waals surface area contributed by atoms with Crippen molar-refractivity contribution in [1.29, 1.82) is 0 Å². The highest BCUT2D eigenvalue weighted by Gasteiger charge is 2.32. The first-order valence-corrected chi connectivity index (χ1v) is 18.8. The molecule has 3 aromatic rings. The molecular formula is C42H53N5O7. The Labute approximate surface area is 317 Å². The average Bonchev–Trinajstić information content (AvgIpc) is 3.12. The second-order valence-electron chi connectivity index (χ2n) is 15.2. The summed E-state index contributed by atoms with van der Waals surface area (Å²) in [6.07, 6.45) is 2.34. The smallest absolute Gasteiger partial charge is 0.412 e. The summed E-state index contributed by atoms with van der Waals surface area (Å²) in [6.45, 7) is 9.07. The molecule has 12 heteroatoms. The summed E-state index contributed by atoms with van der Waals surface area (Å²) in [4.78, 5) is 69.3. The molecular weight excluding hydrogens is 686 g/mol. The van der Waals surface area contributed by atoms with Gasteiger partial charge in [-0.05, 0) is 112 Å². The third-order valence-corrected chi connectivity index (χ3v) is 9.61. The highest BCUT2D eigenvalue weighted by molar-refractivity contribution is 5.95. The molecule has 2 aliphatic heterocycles.